The van der Waals surface area contributed by atoms with E-state index in [1.807, 2.05) is 0 Å². The molecule has 0 saturated carbocycles. The molecule has 7 nitrogen and oxygen atoms in total. The van der Waals surface area contributed by atoms with E-state index in [4.69, 9.17) is 11.6 Å². The molecule has 1 fully saturated rings. The third kappa shape index (κ3) is 3.05. The number of fused-ring (bicyclic) bond motifs is 1. The Balaban J connectivity index is 1.75. The molecule has 2 aliphatic rings. The Hall–Kier alpha value is -2.49. The summed E-state index contributed by atoms with van der Waals surface area (Å²) in [7, 11) is 1.65. The van der Waals surface area contributed by atoms with Gasteiger partial charge in [0, 0.05) is 24.6 Å². The van der Waals surface area contributed by atoms with Gasteiger partial charge in [-0.15, -0.1) is 0 Å². The number of aromatic nitrogens is 1. The zero-order valence-corrected chi connectivity index (χ0v) is 17.4. The maximum absolute atomic E-state index is 12.7. The summed E-state index contributed by atoms with van der Waals surface area (Å²) >= 11 is 8.32. The number of nitrogens with zero attached hydrogens (tertiary/aromatic N) is 3. The average molecular weight is 433 g/mol. The van der Waals surface area contributed by atoms with Crippen LogP contribution in [-0.4, -0.2) is 34.8 Å². The Morgan fingerprint density at radius 1 is 1.32 bits per heavy atom. The first-order valence-corrected chi connectivity index (χ1v) is 10.2. The van der Waals surface area contributed by atoms with Gasteiger partial charge in [-0.25, -0.2) is 4.98 Å². The van der Waals surface area contributed by atoms with E-state index < -0.39 is 5.91 Å². The number of hydrogen-bond acceptors (Lipinski definition) is 7. The second kappa shape index (κ2) is 6.84. The number of halogens is 1. The minimum Gasteiger partial charge on any atom is -0.311 e. The molecule has 4 rings (SSSR count). The van der Waals surface area contributed by atoms with Crippen LogP contribution in [0.25, 0.3) is 5.57 Å². The molecule has 1 N–H and O–H groups in total. The highest BCUT2D eigenvalue weighted by molar-refractivity contribution is 8.18. The fourth-order valence-electron chi connectivity index (χ4n) is 2.99. The lowest BCUT2D eigenvalue weighted by Gasteiger charge is -2.08. The smallest absolute Gasteiger partial charge is 0.264 e. The molecule has 142 valence electrons. The number of carbonyl (C=O) groups is 3. The predicted molar refractivity (Wildman–Crippen MR) is 111 cm³/mol. The number of hydrogen-bond donors (Lipinski definition) is 1. The average Bonchev–Trinajstić information content (AvgIpc) is 3.24. The lowest BCUT2D eigenvalue weighted by Crippen LogP contribution is -2.23. The van der Waals surface area contributed by atoms with Crippen molar-refractivity contribution in [2.24, 2.45) is 4.99 Å². The standard InChI is InChI=1S/C18H13ClN4O3S2/c1-7-13(8(2)24)27-17(20-7)22-18-21-15(25)14(28-18)12-10-6-9(19)4-5-11(10)23(3)16(12)26/h4-6H,1-3H3,(H,20,21,22,25)/b14-12-. The summed E-state index contributed by atoms with van der Waals surface area (Å²) in [5, 5.41) is 3.82. The zero-order valence-electron chi connectivity index (χ0n) is 15.0. The molecule has 0 atom stereocenters. The first-order chi connectivity index (χ1) is 13.3. The first kappa shape index (κ1) is 18.9. The van der Waals surface area contributed by atoms with Gasteiger partial charge in [-0.2, -0.15) is 4.99 Å². The second-order valence-corrected chi connectivity index (χ2v) is 8.58. The number of ketones is 1. The molecule has 1 aromatic carbocycles. The quantitative estimate of drug-likeness (QED) is 0.578. The monoisotopic (exact) mass is 432 g/mol. The Kier molecular flexibility index (Phi) is 4.60. The van der Waals surface area contributed by atoms with Crippen molar-refractivity contribution in [2.75, 3.05) is 11.9 Å². The normalized spacial score (nSPS) is 20.1. The van der Waals surface area contributed by atoms with Crippen molar-refractivity contribution in [1.29, 1.82) is 0 Å². The van der Waals surface area contributed by atoms with Crippen LogP contribution in [0.1, 0.15) is 27.9 Å². The topological polar surface area (TPSA) is 91.7 Å². The van der Waals surface area contributed by atoms with Crippen molar-refractivity contribution < 1.29 is 14.4 Å². The van der Waals surface area contributed by atoms with Crippen molar-refractivity contribution in [3.63, 3.8) is 0 Å². The molecule has 1 saturated heterocycles. The summed E-state index contributed by atoms with van der Waals surface area (Å²) in [6, 6.07) is 5.12. The first-order valence-electron chi connectivity index (χ1n) is 8.14. The molecule has 0 radical (unpaired) electrons. The van der Waals surface area contributed by atoms with Crippen LogP contribution < -0.4 is 10.2 Å². The highest BCUT2D eigenvalue weighted by Gasteiger charge is 2.38. The molecular formula is C18H13ClN4O3S2. The highest BCUT2D eigenvalue weighted by atomic mass is 35.5. The van der Waals surface area contributed by atoms with Gasteiger partial charge in [-0.3, -0.25) is 14.4 Å². The van der Waals surface area contributed by atoms with E-state index in [9.17, 15) is 14.4 Å². The van der Waals surface area contributed by atoms with E-state index in [1.54, 1.807) is 32.2 Å². The van der Waals surface area contributed by atoms with Gasteiger partial charge in [0.25, 0.3) is 11.8 Å². The summed E-state index contributed by atoms with van der Waals surface area (Å²) < 4.78 is 0. The van der Waals surface area contributed by atoms with Gasteiger partial charge in [-0.1, -0.05) is 22.9 Å². The largest absolute Gasteiger partial charge is 0.311 e. The molecule has 2 aromatic rings. The molecule has 3 heterocycles. The molecule has 0 spiro atoms. The van der Waals surface area contributed by atoms with Gasteiger partial charge < -0.3 is 10.2 Å². The van der Waals surface area contributed by atoms with Crippen molar-refractivity contribution >= 4 is 73.9 Å². The molecule has 10 heteroatoms. The summed E-state index contributed by atoms with van der Waals surface area (Å²) in [6.45, 7) is 3.20. The Morgan fingerprint density at radius 3 is 2.75 bits per heavy atom. The van der Waals surface area contributed by atoms with Crippen LogP contribution in [0.3, 0.4) is 0 Å². The van der Waals surface area contributed by atoms with E-state index in [-0.39, 0.29) is 16.6 Å². The zero-order chi connectivity index (χ0) is 20.2. The molecule has 28 heavy (non-hydrogen) atoms. The van der Waals surface area contributed by atoms with Crippen molar-refractivity contribution in [2.45, 2.75) is 13.8 Å². The van der Waals surface area contributed by atoms with Gasteiger partial charge in [0.2, 0.25) is 5.13 Å². The van der Waals surface area contributed by atoms with Gasteiger partial charge in [-0.05, 0) is 36.9 Å². The minimum absolute atomic E-state index is 0.0829. The molecule has 0 aliphatic carbocycles. The fourth-order valence-corrected chi connectivity index (χ4v) is 4.98. The van der Waals surface area contributed by atoms with E-state index in [0.29, 0.717) is 42.7 Å². The Morgan fingerprint density at radius 2 is 2.07 bits per heavy atom. The van der Waals surface area contributed by atoms with E-state index in [0.717, 1.165) is 23.1 Å². The number of aryl methyl sites for hydroxylation is 1. The highest BCUT2D eigenvalue weighted by Crippen LogP contribution is 2.43. The summed E-state index contributed by atoms with van der Waals surface area (Å²) in [4.78, 5) is 47.7. The number of nitrogens with one attached hydrogen (secondary N) is 1. The number of benzene rings is 1. The second-order valence-electron chi connectivity index (χ2n) is 6.17. The third-order valence-corrected chi connectivity index (χ3v) is 6.63. The molecule has 2 amide bonds. The predicted octanol–water partition coefficient (Wildman–Crippen LogP) is 3.55. The Bertz CT molecular complexity index is 1140. The molecule has 1 aromatic heterocycles. The number of thiazole rings is 1. The summed E-state index contributed by atoms with van der Waals surface area (Å²) in [5.41, 5.74) is 2.20. The lowest BCUT2D eigenvalue weighted by atomic mass is 10.1. The van der Waals surface area contributed by atoms with E-state index >= 15 is 0 Å². The fraction of sp³-hybridized carbons (Fsp3) is 0.167. The van der Waals surface area contributed by atoms with Crippen LogP contribution in [0.5, 0.6) is 0 Å². The van der Waals surface area contributed by atoms with Gasteiger partial charge in [0.05, 0.1) is 26.7 Å². The molecule has 0 bridgehead atoms. The van der Waals surface area contributed by atoms with Gasteiger partial charge in [0.1, 0.15) is 0 Å². The number of anilines is 1. The van der Waals surface area contributed by atoms with Crippen LogP contribution in [0, 0.1) is 6.92 Å². The number of likely N-dealkylation sites (N-methyl/N-ethyl adjacent to an activating group) is 1. The third-order valence-electron chi connectivity index (χ3n) is 4.26. The number of amides is 2. The molecule has 0 unspecified atom stereocenters. The SMILES string of the molecule is CC(=O)c1sc(N=C2NC(=O)/C(=C3/C(=O)N(C)c4ccc(Cl)cc43)S2)nc1C. The van der Waals surface area contributed by atoms with Gasteiger partial charge in [0.15, 0.2) is 11.0 Å². The van der Waals surface area contributed by atoms with E-state index in [2.05, 4.69) is 15.3 Å². The summed E-state index contributed by atoms with van der Waals surface area (Å²) in [5.74, 6) is -0.769. The number of rotatable bonds is 2. The maximum atomic E-state index is 12.7. The number of aliphatic imine (C=N–C) groups is 1. The number of Topliss-reactive ketones (excluding diaryl/α,β-unsaturated/α-hetero) is 1. The molecule has 2 aliphatic heterocycles. The van der Waals surface area contributed by atoms with Crippen LogP contribution in [0.15, 0.2) is 28.1 Å². The Labute approximate surface area is 173 Å². The van der Waals surface area contributed by atoms with Gasteiger partial charge >= 0.3 is 0 Å². The number of thioether (sulfide) groups is 1. The van der Waals surface area contributed by atoms with E-state index in [1.165, 1.54) is 11.8 Å². The van der Waals surface area contributed by atoms with Crippen LogP contribution >= 0.6 is 34.7 Å². The lowest BCUT2D eigenvalue weighted by molar-refractivity contribution is -0.116. The van der Waals surface area contributed by atoms with Crippen molar-refractivity contribution in [3.05, 3.63) is 44.3 Å². The number of amidine groups is 1. The number of carbonyl (C=O) groups excluding carboxylic acids is 3. The van der Waals surface area contributed by atoms with Crippen molar-refractivity contribution in [3.8, 4) is 0 Å². The van der Waals surface area contributed by atoms with Crippen LogP contribution in [-0.2, 0) is 9.59 Å². The van der Waals surface area contributed by atoms with Crippen LogP contribution in [0.4, 0.5) is 10.8 Å². The van der Waals surface area contributed by atoms with Crippen molar-refractivity contribution in [1.82, 2.24) is 10.3 Å². The van der Waals surface area contributed by atoms with Crippen LogP contribution in [0.2, 0.25) is 5.02 Å². The molecular weight excluding hydrogens is 420 g/mol. The maximum Gasteiger partial charge on any atom is 0.264 e. The minimum atomic E-state index is -0.409. The summed E-state index contributed by atoms with van der Waals surface area (Å²) in [6.07, 6.45) is 0.